The predicted molar refractivity (Wildman–Crippen MR) is 103 cm³/mol. The van der Waals surface area contributed by atoms with Gasteiger partial charge in [-0.15, -0.1) is 0 Å². The van der Waals surface area contributed by atoms with E-state index < -0.39 is 0 Å². The smallest absolute Gasteiger partial charge is 0.191 e. The first-order chi connectivity index (χ1) is 11.6. The highest BCUT2D eigenvalue weighted by Gasteiger charge is 2.06. The second kappa shape index (κ2) is 11.7. The topological polar surface area (TPSA) is 48.9 Å². The van der Waals surface area contributed by atoms with Crippen molar-refractivity contribution >= 4 is 5.96 Å². The molecule has 1 aromatic rings. The van der Waals surface area contributed by atoms with E-state index in [2.05, 4.69) is 54.3 Å². The van der Waals surface area contributed by atoms with E-state index in [1.54, 1.807) is 7.11 Å². The number of nitrogens with one attached hydrogen (secondary N) is 2. The molecular weight excluding hydrogens is 300 g/mol. The van der Waals surface area contributed by atoms with Crippen molar-refractivity contribution in [2.24, 2.45) is 4.99 Å². The fourth-order valence-electron chi connectivity index (χ4n) is 2.64. The highest BCUT2D eigenvalue weighted by Crippen LogP contribution is 2.17. The fourth-order valence-corrected chi connectivity index (χ4v) is 2.64. The van der Waals surface area contributed by atoms with Crippen LogP contribution in [0.1, 0.15) is 33.3 Å². The summed E-state index contributed by atoms with van der Waals surface area (Å²) in [5, 5.41) is 6.71. The van der Waals surface area contributed by atoms with Crippen molar-refractivity contribution in [3.63, 3.8) is 0 Å². The molecule has 0 saturated heterocycles. The minimum absolute atomic E-state index is 0.561. The highest BCUT2D eigenvalue weighted by molar-refractivity contribution is 5.79. The predicted octanol–water partition coefficient (Wildman–Crippen LogP) is 2.52. The number of hydrogen-bond acceptors (Lipinski definition) is 3. The first-order valence-electron chi connectivity index (χ1n) is 9.00. The van der Waals surface area contributed by atoms with Crippen LogP contribution in [-0.4, -0.2) is 56.7 Å². The molecule has 0 aromatic heterocycles. The van der Waals surface area contributed by atoms with Gasteiger partial charge in [0.25, 0.3) is 0 Å². The molecule has 2 N–H and O–H groups in total. The Hall–Kier alpha value is -1.75. The van der Waals surface area contributed by atoms with Gasteiger partial charge in [-0.2, -0.15) is 0 Å². The van der Waals surface area contributed by atoms with Gasteiger partial charge in [0.15, 0.2) is 5.96 Å². The monoisotopic (exact) mass is 334 g/mol. The largest absolute Gasteiger partial charge is 0.496 e. The number of para-hydroxylation sites is 1. The molecule has 0 aliphatic heterocycles. The number of rotatable bonds is 10. The zero-order valence-electron chi connectivity index (χ0n) is 15.9. The number of likely N-dealkylation sites (N-methyl/N-ethyl adjacent to an activating group) is 1. The molecule has 5 nitrogen and oxygen atoms in total. The highest BCUT2D eigenvalue weighted by atomic mass is 16.5. The molecule has 0 heterocycles. The normalized spacial score (nSPS) is 11.9. The molecule has 0 unspecified atom stereocenters. The maximum Gasteiger partial charge on any atom is 0.191 e. The zero-order valence-corrected chi connectivity index (χ0v) is 15.9. The van der Waals surface area contributed by atoms with E-state index in [9.17, 15) is 0 Å². The van der Waals surface area contributed by atoms with E-state index in [-0.39, 0.29) is 0 Å². The lowest BCUT2D eigenvalue weighted by molar-refractivity contribution is 0.240. The minimum atomic E-state index is 0.561. The van der Waals surface area contributed by atoms with Crippen LogP contribution in [0.25, 0.3) is 0 Å². The van der Waals surface area contributed by atoms with Crippen LogP contribution < -0.4 is 15.4 Å². The number of nitrogens with zero attached hydrogens (tertiary/aromatic N) is 2. The summed E-state index contributed by atoms with van der Waals surface area (Å²) in [6.45, 7) is 13.3. The van der Waals surface area contributed by atoms with Gasteiger partial charge in [-0.25, -0.2) is 0 Å². The van der Waals surface area contributed by atoms with Crippen LogP contribution in [0.3, 0.4) is 0 Å². The van der Waals surface area contributed by atoms with Crippen LogP contribution in [-0.2, 0) is 6.42 Å². The summed E-state index contributed by atoms with van der Waals surface area (Å²) in [6, 6.07) is 8.70. The first-order valence-corrected chi connectivity index (χ1v) is 9.00. The van der Waals surface area contributed by atoms with E-state index in [0.29, 0.717) is 6.04 Å². The molecule has 0 atom stereocenters. The zero-order chi connectivity index (χ0) is 17.8. The van der Waals surface area contributed by atoms with Crippen LogP contribution in [0.2, 0.25) is 0 Å². The van der Waals surface area contributed by atoms with Gasteiger partial charge in [0.1, 0.15) is 5.75 Å². The SMILES string of the molecule is CCNC(=NCCN(CC)C(C)C)NCCc1ccccc1OC. The van der Waals surface area contributed by atoms with Gasteiger partial charge in [0.2, 0.25) is 0 Å². The number of hydrogen-bond donors (Lipinski definition) is 2. The summed E-state index contributed by atoms with van der Waals surface area (Å²) in [5.41, 5.74) is 1.21. The van der Waals surface area contributed by atoms with Gasteiger partial charge < -0.3 is 15.4 Å². The van der Waals surface area contributed by atoms with Crippen LogP contribution >= 0.6 is 0 Å². The van der Waals surface area contributed by atoms with Crippen LogP contribution in [0, 0.1) is 0 Å². The molecule has 0 radical (unpaired) electrons. The molecule has 0 saturated carbocycles. The molecule has 0 amide bonds. The molecule has 1 aromatic carbocycles. The summed E-state index contributed by atoms with van der Waals surface area (Å²) in [5.74, 6) is 1.82. The van der Waals surface area contributed by atoms with Gasteiger partial charge >= 0.3 is 0 Å². The van der Waals surface area contributed by atoms with Crippen molar-refractivity contribution < 1.29 is 4.74 Å². The standard InChI is InChI=1S/C19H34N4O/c1-6-20-19(22-14-15-23(7-2)16(3)4)21-13-12-17-10-8-9-11-18(17)24-5/h8-11,16H,6-7,12-15H2,1-5H3,(H2,20,21,22). The second-order valence-electron chi connectivity index (χ2n) is 5.97. The van der Waals surface area contributed by atoms with Gasteiger partial charge in [-0.3, -0.25) is 9.89 Å². The second-order valence-corrected chi connectivity index (χ2v) is 5.97. The lowest BCUT2D eigenvalue weighted by Crippen LogP contribution is -2.39. The van der Waals surface area contributed by atoms with Crippen LogP contribution in [0.5, 0.6) is 5.75 Å². The third-order valence-electron chi connectivity index (χ3n) is 4.02. The molecular formula is C19H34N4O. The van der Waals surface area contributed by atoms with Gasteiger partial charge in [-0.1, -0.05) is 25.1 Å². The third-order valence-corrected chi connectivity index (χ3v) is 4.02. The first kappa shape index (κ1) is 20.3. The average molecular weight is 335 g/mol. The van der Waals surface area contributed by atoms with Gasteiger partial charge in [0, 0.05) is 25.7 Å². The number of benzene rings is 1. The average Bonchev–Trinajstić information content (AvgIpc) is 2.58. The van der Waals surface area contributed by atoms with E-state index in [1.165, 1.54) is 5.56 Å². The molecule has 0 aliphatic carbocycles. The number of methoxy groups -OCH3 is 1. The molecule has 0 aliphatic rings. The Bertz CT molecular complexity index is 488. The molecule has 0 bridgehead atoms. The summed E-state index contributed by atoms with van der Waals surface area (Å²) < 4.78 is 5.40. The quantitative estimate of drug-likeness (QED) is 0.510. The van der Waals surface area contributed by atoms with Crippen molar-refractivity contribution in [2.75, 3.05) is 39.8 Å². The maximum absolute atomic E-state index is 5.40. The Morgan fingerprint density at radius 3 is 2.58 bits per heavy atom. The Morgan fingerprint density at radius 1 is 1.21 bits per heavy atom. The van der Waals surface area contributed by atoms with E-state index >= 15 is 0 Å². The Balaban J connectivity index is 2.49. The molecule has 136 valence electrons. The van der Waals surface area contributed by atoms with Gasteiger partial charge in [-0.05, 0) is 45.4 Å². The third kappa shape index (κ3) is 7.21. The molecule has 24 heavy (non-hydrogen) atoms. The van der Waals surface area contributed by atoms with Crippen molar-refractivity contribution in [1.29, 1.82) is 0 Å². The summed E-state index contributed by atoms with van der Waals surface area (Å²) >= 11 is 0. The van der Waals surface area contributed by atoms with Gasteiger partial charge in [0.05, 0.1) is 13.7 Å². The van der Waals surface area contributed by atoms with Crippen molar-refractivity contribution in [3.05, 3.63) is 29.8 Å². The summed E-state index contributed by atoms with van der Waals surface area (Å²) in [6.07, 6.45) is 0.904. The maximum atomic E-state index is 5.40. The van der Waals surface area contributed by atoms with E-state index in [4.69, 9.17) is 4.74 Å². The summed E-state index contributed by atoms with van der Waals surface area (Å²) in [4.78, 5) is 7.10. The number of guanidine groups is 1. The minimum Gasteiger partial charge on any atom is -0.496 e. The number of ether oxygens (including phenoxy) is 1. The summed E-state index contributed by atoms with van der Waals surface area (Å²) in [7, 11) is 1.71. The van der Waals surface area contributed by atoms with Crippen LogP contribution in [0.4, 0.5) is 0 Å². The Labute approximate surface area is 147 Å². The Morgan fingerprint density at radius 2 is 1.96 bits per heavy atom. The Kier molecular flexibility index (Phi) is 9.92. The lowest BCUT2D eigenvalue weighted by atomic mass is 10.1. The van der Waals surface area contributed by atoms with E-state index in [1.807, 2.05) is 18.2 Å². The lowest BCUT2D eigenvalue weighted by Gasteiger charge is -2.23. The molecule has 1 rings (SSSR count). The van der Waals surface area contributed by atoms with E-state index in [0.717, 1.165) is 50.9 Å². The number of aliphatic imine (C=N–C) groups is 1. The molecule has 0 fully saturated rings. The van der Waals surface area contributed by atoms with Crippen molar-refractivity contribution in [3.8, 4) is 5.75 Å². The van der Waals surface area contributed by atoms with Crippen molar-refractivity contribution in [2.45, 2.75) is 40.2 Å². The molecule has 0 spiro atoms. The molecule has 5 heteroatoms. The van der Waals surface area contributed by atoms with Crippen LogP contribution in [0.15, 0.2) is 29.3 Å². The fraction of sp³-hybridized carbons (Fsp3) is 0.632. The van der Waals surface area contributed by atoms with Crippen molar-refractivity contribution in [1.82, 2.24) is 15.5 Å².